The molecule has 0 aromatic heterocycles. The summed E-state index contributed by atoms with van der Waals surface area (Å²) in [5.74, 6) is -0.872. The van der Waals surface area contributed by atoms with Gasteiger partial charge >= 0.3 is 11.9 Å². The molecule has 0 saturated heterocycles. The molecule has 0 rings (SSSR count). The molecule has 0 bridgehead atoms. The molecule has 21 heavy (non-hydrogen) atoms. The molecule has 0 aromatic rings. The topological polar surface area (TPSA) is 78.6 Å². The summed E-state index contributed by atoms with van der Waals surface area (Å²) in [5, 5.41) is 0. The van der Waals surface area contributed by atoms with Crippen molar-refractivity contribution in [2.45, 2.75) is 66.8 Å². The van der Waals surface area contributed by atoms with E-state index in [1.54, 1.807) is 6.92 Å². The van der Waals surface area contributed by atoms with Crippen LogP contribution < -0.4 is 5.73 Å². The SMILES string of the molecule is CCOC(=O)C(N)COC(=O)CC(C)(C)CC(C)(C)CC. The minimum Gasteiger partial charge on any atom is -0.465 e. The Morgan fingerprint density at radius 1 is 1.05 bits per heavy atom. The molecule has 1 unspecified atom stereocenters. The van der Waals surface area contributed by atoms with Gasteiger partial charge in [0.05, 0.1) is 13.0 Å². The van der Waals surface area contributed by atoms with Gasteiger partial charge in [0.25, 0.3) is 0 Å². The van der Waals surface area contributed by atoms with Crippen LogP contribution in [0, 0.1) is 10.8 Å². The van der Waals surface area contributed by atoms with Crippen molar-refractivity contribution >= 4 is 11.9 Å². The number of nitrogens with two attached hydrogens (primary N) is 1. The summed E-state index contributed by atoms with van der Waals surface area (Å²) in [4.78, 5) is 23.2. The Hall–Kier alpha value is -1.10. The van der Waals surface area contributed by atoms with E-state index in [1.807, 2.05) is 0 Å². The first-order valence-electron chi connectivity index (χ1n) is 7.61. The van der Waals surface area contributed by atoms with Crippen molar-refractivity contribution in [3.63, 3.8) is 0 Å². The third-order valence-electron chi connectivity index (χ3n) is 3.55. The smallest absolute Gasteiger partial charge is 0.326 e. The Morgan fingerprint density at radius 2 is 1.62 bits per heavy atom. The molecule has 0 amide bonds. The summed E-state index contributed by atoms with van der Waals surface area (Å²) in [6.07, 6.45) is 2.29. The first-order valence-corrected chi connectivity index (χ1v) is 7.61. The van der Waals surface area contributed by atoms with E-state index >= 15 is 0 Å². The number of carbonyl (C=O) groups excluding carboxylic acids is 2. The molecule has 0 aliphatic rings. The van der Waals surface area contributed by atoms with Crippen molar-refractivity contribution in [1.82, 2.24) is 0 Å². The number of esters is 2. The van der Waals surface area contributed by atoms with Crippen LogP contribution in [0.2, 0.25) is 0 Å². The van der Waals surface area contributed by atoms with E-state index in [0.717, 1.165) is 12.8 Å². The molecule has 0 spiro atoms. The van der Waals surface area contributed by atoms with Gasteiger partial charge in [0.2, 0.25) is 0 Å². The van der Waals surface area contributed by atoms with Crippen LogP contribution in [0.3, 0.4) is 0 Å². The number of hydrogen-bond donors (Lipinski definition) is 1. The van der Waals surface area contributed by atoms with Gasteiger partial charge < -0.3 is 15.2 Å². The van der Waals surface area contributed by atoms with Crippen LogP contribution in [-0.4, -0.2) is 31.2 Å². The zero-order valence-corrected chi connectivity index (χ0v) is 14.3. The third-order valence-corrected chi connectivity index (χ3v) is 3.55. The van der Waals surface area contributed by atoms with E-state index < -0.39 is 12.0 Å². The molecular weight excluding hydrogens is 270 g/mol. The largest absolute Gasteiger partial charge is 0.465 e. The molecule has 0 heterocycles. The lowest BCUT2D eigenvalue weighted by Gasteiger charge is -2.33. The molecule has 5 heteroatoms. The zero-order chi connectivity index (χ0) is 16.7. The maximum absolute atomic E-state index is 11.9. The fourth-order valence-corrected chi connectivity index (χ4v) is 2.42. The van der Waals surface area contributed by atoms with E-state index in [2.05, 4.69) is 34.6 Å². The van der Waals surface area contributed by atoms with E-state index in [1.165, 1.54) is 0 Å². The van der Waals surface area contributed by atoms with Crippen LogP contribution in [-0.2, 0) is 19.1 Å². The quantitative estimate of drug-likeness (QED) is 0.662. The Balaban J connectivity index is 4.28. The normalized spacial score (nSPS) is 13.7. The molecule has 0 aromatic carbocycles. The monoisotopic (exact) mass is 301 g/mol. The highest BCUT2D eigenvalue weighted by atomic mass is 16.5. The molecule has 2 N–H and O–H groups in total. The van der Waals surface area contributed by atoms with Gasteiger partial charge in [-0.1, -0.05) is 41.0 Å². The van der Waals surface area contributed by atoms with Gasteiger partial charge in [0.1, 0.15) is 12.6 Å². The van der Waals surface area contributed by atoms with Crippen molar-refractivity contribution < 1.29 is 19.1 Å². The average molecular weight is 301 g/mol. The Morgan fingerprint density at radius 3 is 2.10 bits per heavy atom. The van der Waals surface area contributed by atoms with Gasteiger partial charge in [-0.25, -0.2) is 0 Å². The molecule has 0 aliphatic heterocycles. The Bertz CT molecular complexity index is 350. The number of ether oxygens (including phenoxy) is 2. The second-order valence-electron chi connectivity index (χ2n) is 7.08. The first kappa shape index (κ1) is 19.9. The summed E-state index contributed by atoms with van der Waals surface area (Å²) in [6, 6.07) is -0.913. The summed E-state index contributed by atoms with van der Waals surface area (Å²) in [6.45, 7) is 12.5. The van der Waals surface area contributed by atoms with Gasteiger partial charge in [-0.2, -0.15) is 0 Å². The number of rotatable bonds is 9. The van der Waals surface area contributed by atoms with Crippen LogP contribution >= 0.6 is 0 Å². The van der Waals surface area contributed by atoms with E-state index in [9.17, 15) is 9.59 Å². The fourth-order valence-electron chi connectivity index (χ4n) is 2.42. The average Bonchev–Trinajstić information content (AvgIpc) is 2.34. The molecule has 0 aliphatic carbocycles. The van der Waals surface area contributed by atoms with E-state index in [4.69, 9.17) is 15.2 Å². The van der Waals surface area contributed by atoms with Crippen molar-refractivity contribution in [1.29, 1.82) is 0 Å². The number of hydrogen-bond acceptors (Lipinski definition) is 5. The molecule has 0 saturated carbocycles. The second kappa shape index (κ2) is 8.37. The van der Waals surface area contributed by atoms with Crippen LogP contribution in [0.15, 0.2) is 0 Å². The van der Waals surface area contributed by atoms with Gasteiger partial charge in [-0.15, -0.1) is 0 Å². The standard InChI is InChI=1S/C16H31NO4/c1-7-15(3,4)11-16(5,6)9-13(18)21-10-12(17)14(19)20-8-2/h12H,7-11,17H2,1-6H3. The predicted molar refractivity (Wildman–Crippen MR) is 82.7 cm³/mol. The molecule has 0 fully saturated rings. The molecule has 124 valence electrons. The highest BCUT2D eigenvalue weighted by Crippen LogP contribution is 2.38. The number of carbonyl (C=O) groups is 2. The van der Waals surface area contributed by atoms with Gasteiger partial charge in [0.15, 0.2) is 0 Å². The maximum atomic E-state index is 11.9. The summed E-state index contributed by atoms with van der Waals surface area (Å²) in [7, 11) is 0. The Kier molecular flexibility index (Phi) is 7.93. The van der Waals surface area contributed by atoms with Crippen LogP contribution in [0.25, 0.3) is 0 Å². The summed E-state index contributed by atoms with van der Waals surface area (Å²) < 4.78 is 9.85. The van der Waals surface area contributed by atoms with Crippen LogP contribution in [0.4, 0.5) is 0 Å². The van der Waals surface area contributed by atoms with Crippen molar-refractivity contribution in [3.8, 4) is 0 Å². The lowest BCUT2D eigenvalue weighted by Crippen LogP contribution is -2.38. The summed E-state index contributed by atoms with van der Waals surface area (Å²) in [5.41, 5.74) is 5.62. The highest BCUT2D eigenvalue weighted by molar-refractivity contribution is 5.76. The van der Waals surface area contributed by atoms with Gasteiger partial charge in [-0.05, 0) is 24.2 Å². The van der Waals surface area contributed by atoms with Crippen LogP contribution in [0.5, 0.6) is 0 Å². The summed E-state index contributed by atoms with van der Waals surface area (Å²) >= 11 is 0. The lowest BCUT2D eigenvalue weighted by molar-refractivity contribution is -0.152. The highest BCUT2D eigenvalue weighted by Gasteiger charge is 2.30. The zero-order valence-electron chi connectivity index (χ0n) is 14.3. The van der Waals surface area contributed by atoms with Gasteiger partial charge in [-0.3, -0.25) is 9.59 Å². The fraction of sp³-hybridized carbons (Fsp3) is 0.875. The Labute approximate surface area is 128 Å². The molecular formula is C16H31NO4. The third kappa shape index (κ3) is 8.71. The minimum atomic E-state index is -0.913. The van der Waals surface area contributed by atoms with E-state index in [-0.39, 0.29) is 30.0 Å². The van der Waals surface area contributed by atoms with Crippen molar-refractivity contribution in [3.05, 3.63) is 0 Å². The van der Waals surface area contributed by atoms with Crippen molar-refractivity contribution in [2.24, 2.45) is 16.6 Å². The lowest BCUT2D eigenvalue weighted by atomic mass is 9.72. The molecule has 1 atom stereocenters. The van der Waals surface area contributed by atoms with Gasteiger partial charge in [0, 0.05) is 0 Å². The molecule has 0 radical (unpaired) electrons. The minimum absolute atomic E-state index is 0.134. The predicted octanol–water partition coefficient (Wildman–Crippen LogP) is 2.66. The van der Waals surface area contributed by atoms with Crippen molar-refractivity contribution in [2.75, 3.05) is 13.2 Å². The second-order valence-corrected chi connectivity index (χ2v) is 7.08. The molecule has 5 nitrogen and oxygen atoms in total. The van der Waals surface area contributed by atoms with E-state index in [0.29, 0.717) is 6.42 Å². The first-order chi connectivity index (χ1) is 9.53. The maximum Gasteiger partial charge on any atom is 0.326 e. The van der Waals surface area contributed by atoms with Crippen LogP contribution in [0.1, 0.15) is 60.8 Å².